The van der Waals surface area contributed by atoms with Crippen LogP contribution in [0.3, 0.4) is 0 Å². The summed E-state index contributed by atoms with van der Waals surface area (Å²) in [5.74, 6) is 0.817. The van der Waals surface area contributed by atoms with Crippen molar-refractivity contribution in [3.63, 3.8) is 0 Å². The van der Waals surface area contributed by atoms with E-state index >= 15 is 0 Å². The van der Waals surface area contributed by atoms with Gasteiger partial charge in [0.2, 0.25) is 0 Å². The molecule has 0 saturated carbocycles. The smallest absolute Gasteiger partial charge is 0.257 e. The molecule has 0 unspecified atom stereocenters. The van der Waals surface area contributed by atoms with Gasteiger partial charge in [-0.25, -0.2) is 9.97 Å². The Morgan fingerprint density at radius 3 is 2.59 bits per heavy atom. The van der Waals surface area contributed by atoms with Gasteiger partial charge in [0.1, 0.15) is 5.82 Å². The van der Waals surface area contributed by atoms with Crippen LogP contribution < -0.4 is 0 Å². The summed E-state index contributed by atoms with van der Waals surface area (Å²) in [7, 11) is 0. The van der Waals surface area contributed by atoms with Crippen molar-refractivity contribution in [2.75, 3.05) is 39.3 Å². The number of aryl methyl sites for hydroxylation is 1. The first kappa shape index (κ1) is 15.4. The number of hydrogen-bond donors (Lipinski definition) is 0. The van der Waals surface area contributed by atoms with Crippen molar-refractivity contribution in [2.24, 2.45) is 0 Å². The number of rotatable bonds is 4. The number of carbonyl (C=O) groups excluding carboxylic acids is 1. The molecule has 1 aromatic heterocycles. The summed E-state index contributed by atoms with van der Waals surface area (Å²) < 4.78 is 5.68. The van der Waals surface area contributed by atoms with Gasteiger partial charge in [-0.3, -0.25) is 9.69 Å². The van der Waals surface area contributed by atoms with Gasteiger partial charge in [0.05, 0.1) is 11.7 Å². The average molecular weight is 304 g/mol. The Morgan fingerprint density at radius 2 is 2.00 bits per heavy atom. The largest absolute Gasteiger partial charge is 0.377 e. The van der Waals surface area contributed by atoms with Crippen LogP contribution in [0.25, 0.3) is 0 Å². The number of amides is 1. The van der Waals surface area contributed by atoms with E-state index in [2.05, 4.69) is 14.9 Å². The summed E-state index contributed by atoms with van der Waals surface area (Å²) in [4.78, 5) is 25.2. The van der Waals surface area contributed by atoms with Gasteiger partial charge in [0.25, 0.3) is 5.91 Å². The van der Waals surface area contributed by atoms with Crippen molar-refractivity contribution in [2.45, 2.75) is 32.3 Å². The fraction of sp³-hybridized carbons (Fsp3) is 0.688. The standard InChI is InChI=1S/C16H24N4O2/c1-2-15-17-10-13(11-18-15)16(21)20-7-5-19(6-8-20)12-14-4-3-9-22-14/h10-11,14H,2-9,12H2,1H3/t14-/m1/s1. The predicted molar refractivity (Wildman–Crippen MR) is 82.7 cm³/mol. The first-order valence-electron chi connectivity index (χ1n) is 8.20. The van der Waals surface area contributed by atoms with Crippen LogP contribution in [-0.4, -0.2) is 71.1 Å². The van der Waals surface area contributed by atoms with Crippen LogP contribution >= 0.6 is 0 Å². The Hall–Kier alpha value is -1.53. The maximum Gasteiger partial charge on any atom is 0.257 e. The number of carbonyl (C=O) groups is 1. The molecule has 1 atom stereocenters. The van der Waals surface area contributed by atoms with Gasteiger partial charge in [-0.1, -0.05) is 6.92 Å². The number of ether oxygens (including phenoxy) is 1. The fourth-order valence-corrected chi connectivity index (χ4v) is 3.04. The van der Waals surface area contributed by atoms with Gasteiger partial charge in [-0.2, -0.15) is 0 Å². The Morgan fingerprint density at radius 1 is 1.27 bits per heavy atom. The van der Waals surface area contributed by atoms with Crippen molar-refractivity contribution in [1.29, 1.82) is 0 Å². The van der Waals surface area contributed by atoms with Crippen LogP contribution in [0.2, 0.25) is 0 Å². The Labute approximate surface area is 131 Å². The van der Waals surface area contributed by atoms with E-state index in [4.69, 9.17) is 4.74 Å². The maximum atomic E-state index is 12.5. The summed E-state index contributed by atoms with van der Waals surface area (Å²) in [6.45, 7) is 7.26. The molecule has 1 aromatic rings. The van der Waals surface area contributed by atoms with Crippen LogP contribution in [0.1, 0.15) is 35.9 Å². The molecule has 0 N–H and O–H groups in total. The van der Waals surface area contributed by atoms with E-state index in [-0.39, 0.29) is 5.91 Å². The number of nitrogens with zero attached hydrogens (tertiary/aromatic N) is 4. The van der Waals surface area contributed by atoms with Crippen LogP contribution in [0.4, 0.5) is 0 Å². The molecule has 120 valence electrons. The van der Waals surface area contributed by atoms with Gasteiger partial charge < -0.3 is 9.64 Å². The van der Waals surface area contributed by atoms with Crippen LogP contribution in [0.15, 0.2) is 12.4 Å². The van der Waals surface area contributed by atoms with E-state index in [1.54, 1.807) is 12.4 Å². The molecule has 22 heavy (non-hydrogen) atoms. The topological polar surface area (TPSA) is 58.6 Å². The lowest BCUT2D eigenvalue weighted by molar-refractivity contribution is 0.0432. The molecule has 6 nitrogen and oxygen atoms in total. The summed E-state index contributed by atoms with van der Waals surface area (Å²) >= 11 is 0. The summed E-state index contributed by atoms with van der Waals surface area (Å²) in [6, 6.07) is 0. The monoisotopic (exact) mass is 304 g/mol. The van der Waals surface area contributed by atoms with Crippen molar-refractivity contribution < 1.29 is 9.53 Å². The zero-order chi connectivity index (χ0) is 15.4. The maximum absolute atomic E-state index is 12.5. The van der Waals surface area contributed by atoms with Gasteiger partial charge >= 0.3 is 0 Å². The molecule has 0 aromatic carbocycles. The lowest BCUT2D eigenvalue weighted by atomic mass is 10.2. The van der Waals surface area contributed by atoms with Crippen molar-refractivity contribution in [3.8, 4) is 0 Å². The van der Waals surface area contributed by atoms with E-state index in [9.17, 15) is 4.79 Å². The minimum Gasteiger partial charge on any atom is -0.377 e. The number of aromatic nitrogens is 2. The molecule has 0 spiro atoms. The highest BCUT2D eigenvalue weighted by atomic mass is 16.5. The highest BCUT2D eigenvalue weighted by Gasteiger charge is 2.25. The molecule has 3 rings (SSSR count). The number of hydrogen-bond acceptors (Lipinski definition) is 5. The molecule has 2 aliphatic heterocycles. The molecule has 2 saturated heterocycles. The molecule has 0 bridgehead atoms. The molecular formula is C16H24N4O2. The average Bonchev–Trinajstić information content (AvgIpc) is 3.08. The lowest BCUT2D eigenvalue weighted by Gasteiger charge is -2.35. The zero-order valence-corrected chi connectivity index (χ0v) is 13.2. The second-order valence-corrected chi connectivity index (χ2v) is 5.97. The lowest BCUT2D eigenvalue weighted by Crippen LogP contribution is -2.50. The van der Waals surface area contributed by atoms with E-state index in [0.717, 1.165) is 51.6 Å². The Kier molecular flexibility index (Phi) is 5.00. The molecule has 2 aliphatic rings. The quantitative estimate of drug-likeness (QED) is 0.830. The van der Waals surface area contributed by atoms with Crippen molar-refractivity contribution in [1.82, 2.24) is 19.8 Å². The number of piperazine rings is 1. The highest BCUT2D eigenvalue weighted by molar-refractivity contribution is 5.93. The van der Waals surface area contributed by atoms with Gasteiger partial charge in [0.15, 0.2) is 0 Å². The zero-order valence-electron chi connectivity index (χ0n) is 13.2. The summed E-state index contributed by atoms with van der Waals surface area (Å²) in [5, 5.41) is 0. The van der Waals surface area contributed by atoms with E-state index in [1.165, 1.54) is 12.8 Å². The molecular weight excluding hydrogens is 280 g/mol. The second-order valence-electron chi connectivity index (χ2n) is 5.97. The van der Waals surface area contributed by atoms with Crippen molar-refractivity contribution >= 4 is 5.91 Å². The van der Waals surface area contributed by atoms with Crippen molar-refractivity contribution in [3.05, 3.63) is 23.8 Å². The molecule has 0 aliphatic carbocycles. The SMILES string of the molecule is CCc1ncc(C(=O)N2CCN(C[C@H]3CCCO3)CC2)cn1. The molecule has 0 radical (unpaired) electrons. The molecule has 3 heterocycles. The first-order chi connectivity index (χ1) is 10.8. The predicted octanol–water partition coefficient (Wildman–Crippen LogP) is 0.976. The highest BCUT2D eigenvalue weighted by Crippen LogP contribution is 2.15. The Balaban J connectivity index is 1.50. The molecule has 2 fully saturated rings. The third-order valence-corrected chi connectivity index (χ3v) is 4.41. The third-order valence-electron chi connectivity index (χ3n) is 4.41. The summed E-state index contributed by atoms with van der Waals surface area (Å²) in [5.41, 5.74) is 0.588. The van der Waals surface area contributed by atoms with E-state index < -0.39 is 0 Å². The van der Waals surface area contributed by atoms with Crippen LogP contribution in [0.5, 0.6) is 0 Å². The van der Waals surface area contributed by atoms with Crippen LogP contribution in [-0.2, 0) is 11.2 Å². The second kappa shape index (κ2) is 7.15. The minimum atomic E-state index is 0.0411. The van der Waals surface area contributed by atoms with Gasteiger partial charge in [-0.05, 0) is 12.8 Å². The van der Waals surface area contributed by atoms with Gasteiger partial charge in [-0.15, -0.1) is 0 Å². The van der Waals surface area contributed by atoms with Crippen LogP contribution in [0, 0.1) is 0 Å². The minimum absolute atomic E-state index is 0.0411. The summed E-state index contributed by atoms with van der Waals surface area (Å²) in [6.07, 6.45) is 6.81. The normalized spacial score (nSPS) is 23.0. The Bertz CT molecular complexity index is 491. The third kappa shape index (κ3) is 3.62. The molecule has 6 heteroatoms. The molecule has 1 amide bonds. The first-order valence-corrected chi connectivity index (χ1v) is 8.20. The van der Waals surface area contributed by atoms with Gasteiger partial charge in [0, 0.05) is 58.1 Å². The fourth-order valence-electron chi connectivity index (χ4n) is 3.04. The van der Waals surface area contributed by atoms with E-state index in [1.807, 2.05) is 11.8 Å². The van der Waals surface area contributed by atoms with E-state index in [0.29, 0.717) is 11.7 Å².